The van der Waals surface area contributed by atoms with E-state index in [9.17, 15) is 5.11 Å². The first-order chi connectivity index (χ1) is 7.15. The van der Waals surface area contributed by atoms with Gasteiger partial charge in [0.2, 0.25) is 0 Å². The van der Waals surface area contributed by atoms with Crippen molar-refractivity contribution in [1.29, 1.82) is 0 Å². The van der Waals surface area contributed by atoms with E-state index in [4.69, 9.17) is 16.3 Å². The molecule has 82 valence electrons. The number of benzene rings is 1. The van der Waals surface area contributed by atoms with Crippen LogP contribution in [0.5, 0.6) is 5.75 Å². The third-order valence-corrected chi connectivity index (χ3v) is 2.22. The Morgan fingerprint density at radius 1 is 1.53 bits per heavy atom. The summed E-state index contributed by atoms with van der Waals surface area (Å²) >= 11 is 5.39. The SMILES string of the molecule is Cc1ccc([C@H](C)O)c(OCC=CCl)c1. The average molecular weight is 227 g/mol. The summed E-state index contributed by atoms with van der Waals surface area (Å²) in [6.45, 7) is 4.11. The minimum absolute atomic E-state index is 0.409. The number of rotatable bonds is 4. The Labute approximate surface area is 95.1 Å². The Balaban J connectivity index is 2.86. The highest BCUT2D eigenvalue weighted by molar-refractivity contribution is 6.25. The summed E-state index contributed by atoms with van der Waals surface area (Å²) in [4.78, 5) is 0. The predicted molar refractivity (Wildman–Crippen MR) is 62.3 cm³/mol. The molecule has 0 aromatic heterocycles. The van der Waals surface area contributed by atoms with Crippen LogP contribution in [0, 0.1) is 6.92 Å². The Morgan fingerprint density at radius 2 is 2.27 bits per heavy atom. The van der Waals surface area contributed by atoms with Gasteiger partial charge in [0.15, 0.2) is 0 Å². The topological polar surface area (TPSA) is 29.5 Å². The lowest BCUT2D eigenvalue weighted by molar-refractivity contribution is 0.193. The van der Waals surface area contributed by atoms with Crippen LogP contribution >= 0.6 is 11.6 Å². The molecule has 0 unspecified atom stereocenters. The van der Waals surface area contributed by atoms with Crippen LogP contribution in [0.3, 0.4) is 0 Å². The summed E-state index contributed by atoms with van der Waals surface area (Å²) < 4.78 is 5.49. The lowest BCUT2D eigenvalue weighted by Crippen LogP contribution is -2.00. The van der Waals surface area contributed by atoms with Gasteiger partial charge in [-0.1, -0.05) is 23.7 Å². The van der Waals surface area contributed by atoms with Crippen molar-refractivity contribution in [1.82, 2.24) is 0 Å². The van der Waals surface area contributed by atoms with Gasteiger partial charge in [0.1, 0.15) is 12.4 Å². The molecule has 3 heteroatoms. The van der Waals surface area contributed by atoms with Crippen LogP contribution in [0.1, 0.15) is 24.2 Å². The molecule has 0 amide bonds. The van der Waals surface area contributed by atoms with Gasteiger partial charge in [-0.25, -0.2) is 0 Å². The molecule has 0 fully saturated rings. The van der Waals surface area contributed by atoms with Gasteiger partial charge in [-0.2, -0.15) is 0 Å². The lowest BCUT2D eigenvalue weighted by Gasteiger charge is -2.12. The summed E-state index contributed by atoms with van der Waals surface area (Å²) in [5, 5.41) is 9.53. The number of hydrogen-bond donors (Lipinski definition) is 1. The molecular formula is C12H15ClO2. The lowest BCUT2D eigenvalue weighted by atomic mass is 10.1. The molecule has 1 N–H and O–H groups in total. The maximum Gasteiger partial charge on any atom is 0.125 e. The van der Waals surface area contributed by atoms with Crippen LogP contribution in [0.25, 0.3) is 0 Å². The molecule has 0 saturated heterocycles. The smallest absolute Gasteiger partial charge is 0.125 e. The molecule has 1 aromatic carbocycles. The summed E-state index contributed by atoms with van der Waals surface area (Å²) in [6, 6.07) is 5.73. The largest absolute Gasteiger partial charge is 0.489 e. The zero-order valence-corrected chi connectivity index (χ0v) is 9.66. The number of aliphatic hydroxyl groups excluding tert-OH is 1. The fourth-order valence-electron chi connectivity index (χ4n) is 1.29. The second-order valence-electron chi connectivity index (χ2n) is 3.39. The molecule has 0 aliphatic heterocycles. The van der Waals surface area contributed by atoms with E-state index in [-0.39, 0.29) is 0 Å². The standard InChI is InChI=1S/C12H15ClO2/c1-9-4-5-11(10(2)14)12(8-9)15-7-3-6-13/h3-6,8,10,14H,7H2,1-2H3/t10-/m0/s1. The first kappa shape index (κ1) is 12.1. The molecule has 0 aliphatic carbocycles. The maximum absolute atomic E-state index is 9.53. The molecule has 0 bridgehead atoms. The highest BCUT2D eigenvalue weighted by Crippen LogP contribution is 2.26. The fourth-order valence-corrected chi connectivity index (χ4v) is 1.36. The van der Waals surface area contributed by atoms with E-state index >= 15 is 0 Å². The number of halogens is 1. The van der Waals surface area contributed by atoms with E-state index in [2.05, 4.69) is 0 Å². The molecule has 1 aromatic rings. The van der Waals surface area contributed by atoms with Gasteiger partial charge in [0, 0.05) is 11.1 Å². The molecule has 0 spiro atoms. The van der Waals surface area contributed by atoms with Gasteiger partial charge in [0.05, 0.1) is 6.10 Å². The van der Waals surface area contributed by atoms with Gasteiger partial charge < -0.3 is 9.84 Å². The predicted octanol–water partition coefficient (Wildman–Crippen LogP) is 3.18. The van der Waals surface area contributed by atoms with Crippen molar-refractivity contribution in [2.24, 2.45) is 0 Å². The summed E-state index contributed by atoms with van der Waals surface area (Å²) in [5.74, 6) is 0.708. The Morgan fingerprint density at radius 3 is 2.87 bits per heavy atom. The third kappa shape index (κ3) is 3.57. The van der Waals surface area contributed by atoms with Crippen LogP contribution in [-0.2, 0) is 0 Å². The normalized spacial score (nSPS) is 13.1. The second-order valence-corrected chi connectivity index (χ2v) is 3.64. The second kappa shape index (κ2) is 5.79. The van der Waals surface area contributed by atoms with Crippen LogP contribution in [0.2, 0.25) is 0 Å². The summed E-state index contributed by atoms with van der Waals surface area (Å²) in [6.07, 6.45) is 1.18. The average Bonchev–Trinajstić information content (AvgIpc) is 2.18. The first-order valence-electron chi connectivity index (χ1n) is 4.81. The minimum atomic E-state index is -0.527. The van der Waals surface area contributed by atoms with Crippen molar-refractivity contribution in [2.45, 2.75) is 20.0 Å². The van der Waals surface area contributed by atoms with E-state index in [0.29, 0.717) is 12.4 Å². The molecule has 15 heavy (non-hydrogen) atoms. The van der Waals surface area contributed by atoms with Crippen molar-refractivity contribution in [2.75, 3.05) is 6.61 Å². The minimum Gasteiger partial charge on any atom is -0.489 e. The molecular weight excluding hydrogens is 212 g/mol. The molecule has 1 atom stereocenters. The Hall–Kier alpha value is -0.990. The molecule has 0 saturated carbocycles. The quantitative estimate of drug-likeness (QED) is 0.855. The number of aryl methyl sites for hydroxylation is 1. The van der Waals surface area contributed by atoms with Gasteiger partial charge in [0.25, 0.3) is 0 Å². The van der Waals surface area contributed by atoms with E-state index in [1.165, 1.54) is 5.54 Å². The highest BCUT2D eigenvalue weighted by Gasteiger charge is 2.08. The van der Waals surface area contributed by atoms with E-state index in [1.54, 1.807) is 13.0 Å². The highest BCUT2D eigenvalue weighted by atomic mass is 35.5. The van der Waals surface area contributed by atoms with Gasteiger partial charge in [-0.05, 0) is 31.6 Å². The number of ether oxygens (including phenoxy) is 1. The van der Waals surface area contributed by atoms with E-state index < -0.39 is 6.10 Å². The zero-order chi connectivity index (χ0) is 11.3. The van der Waals surface area contributed by atoms with E-state index in [1.807, 2.05) is 25.1 Å². The molecule has 0 aliphatic rings. The fraction of sp³-hybridized carbons (Fsp3) is 0.333. The van der Waals surface area contributed by atoms with Crippen LogP contribution in [0.4, 0.5) is 0 Å². The van der Waals surface area contributed by atoms with Crippen molar-refractivity contribution in [3.63, 3.8) is 0 Å². The molecule has 0 heterocycles. The van der Waals surface area contributed by atoms with E-state index in [0.717, 1.165) is 11.1 Å². The van der Waals surface area contributed by atoms with Crippen LogP contribution in [0.15, 0.2) is 29.8 Å². The van der Waals surface area contributed by atoms with Gasteiger partial charge in [-0.3, -0.25) is 0 Å². The monoisotopic (exact) mass is 226 g/mol. The zero-order valence-electron chi connectivity index (χ0n) is 8.90. The third-order valence-electron chi connectivity index (χ3n) is 2.04. The first-order valence-corrected chi connectivity index (χ1v) is 5.25. The van der Waals surface area contributed by atoms with Gasteiger partial charge in [-0.15, -0.1) is 0 Å². The Kier molecular flexibility index (Phi) is 4.66. The molecule has 2 nitrogen and oxygen atoms in total. The Bertz CT molecular complexity index is 345. The van der Waals surface area contributed by atoms with Crippen LogP contribution in [-0.4, -0.2) is 11.7 Å². The maximum atomic E-state index is 9.53. The number of hydrogen-bond acceptors (Lipinski definition) is 2. The summed E-state index contributed by atoms with van der Waals surface area (Å²) in [7, 11) is 0. The van der Waals surface area contributed by atoms with Crippen molar-refractivity contribution in [3.05, 3.63) is 40.9 Å². The summed E-state index contributed by atoms with van der Waals surface area (Å²) in [5.41, 5.74) is 3.31. The van der Waals surface area contributed by atoms with Crippen molar-refractivity contribution in [3.8, 4) is 5.75 Å². The van der Waals surface area contributed by atoms with Gasteiger partial charge >= 0.3 is 0 Å². The molecule has 1 rings (SSSR count). The van der Waals surface area contributed by atoms with Crippen molar-refractivity contribution >= 4 is 11.6 Å². The molecule has 0 radical (unpaired) electrons. The number of aliphatic hydroxyl groups is 1. The van der Waals surface area contributed by atoms with Crippen molar-refractivity contribution < 1.29 is 9.84 Å². The van der Waals surface area contributed by atoms with Crippen LogP contribution < -0.4 is 4.74 Å².